The molecule has 0 saturated carbocycles. The van der Waals surface area contributed by atoms with Crippen LogP contribution in [-0.2, 0) is 18.3 Å². The zero-order chi connectivity index (χ0) is 26.3. The van der Waals surface area contributed by atoms with E-state index in [1.54, 1.807) is 18.3 Å². The van der Waals surface area contributed by atoms with Gasteiger partial charge in [-0.25, -0.2) is 4.98 Å². The normalized spacial score (nSPS) is 12.1. The molecular weight excluding hydrogens is 491 g/mol. The van der Waals surface area contributed by atoms with Crippen LogP contribution in [0.4, 0.5) is 18.3 Å². The van der Waals surface area contributed by atoms with Gasteiger partial charge in [-0.15, -0.1) is 0 Å². The number of hydrogen-bond acceptors (Lipinski definition) is 5. The molecule has 0 aliphatic heterocycles. The number of amides is 2. The van der Waals surface area contributed by atoms with Crippen LogP contribution in [0.3, 0.4) is 0 Å². The zero-order valence-corrected chi connectivity index (χ0v) is 20.8. The standard InChI is InChI=1S/C25H24F3N5O2S/c1-14-5-8-16(9-6-14)21(34)32-23-31-20-19(36-23)17(13-33(20)24(2,3)4)22(35)30-12-15-7-10-18(29-11-15)25(26,27)28/h5-11,13H,12H2,1-4H3,(H,30,35)(H,31,32,34). The second-order valence-corrected chi connectivity index (χ2v) is 10.3. The molecule has 3 heterocycles. The van der Waals surface area contributed by atoms with Crippen LogP contribution in [0, 0.1) is 6.92 Å². The predicted octanol–water partition coefficient (Wildman–Crippen LogP) is 5.76. The molecule has 0 aliphatic rings. The molecule has 3 aromatic heterocycles. The molecule has 2 amide bonds. The molecule has 0 radical (unpaired) electrons. The third-order valence-electron chi connectivity index (χ3n) is 5.41. The van der Waals surface area contributed by atoms with Gasteiger partial charge in [-0.1, -0.05) is 35.1 Å². The monoisotopic (exact) mass is 515 g/mol. The maximum atomic E-state index is 13.0. The van der Waals surface area contributed by atoms with Gasteiger partial charge in [0.1, 0.15) is 5.69 Å². The van der Waals surface area contributed by atoms with Crippen LogP contribution in [0.2, 0.25) is 0 Å². The van der Waals surface area contributed by atoms with Gasteiger partial charge < -0.3 is 9.88 Å². The van der Waals surface area contributed by atoms with Crippen LogP contribution in [0.25, 0.3) is 10.3 Å². The van der Waals surface area contributed by atoms with Crippen molar-refractivity contribution >= 4 is 38.6 Å². The molecule has 0 unspecified atom stereocenters. The topological polar surface area (TPSA) is 88.9 Å². The van der Waals surface area contributed by atoms with E-state index in [0.29, 0.717) is 32.2 Å². The van der Waals surface area contributed by atoms with Crippen LogP contribution in [0.15, 0.2) is 48.8 Å². The SMILES string of the molecule is Cc1ccc(C(=O)Nc2nc3c(s2)c(C(=O)NCc2ccc(C(F)(F)F)nc2)cn3C(C)(C)C)cc1. The van der Waals surface area contributed by atoms with Gasteiger partial charge in [-0.05, 0) is 51.5 Å². The number of fused-ring (bicyclic) bond motifs is 1. The number of rotatable bonds is 5. The van der Waals surface area contributed by atoms with Crippen LogP contribution in [0.1, 0.15) is 58.3 Å². The number of nitrogens with one attached hydrogen (secondary N) is 2. The lowest BCUT2D eigenvalue weighted by Crippen LogP contribution is -2.24. The Bertz CT molecular complexity index is 1420. The maximum absolute atomic E-state index is 13.0. The smallest absolute Gasteiger partial charge is 0.348 e. The first-order chi connectivity index (χ1) is 16.8. The number of anilines is 1. The van der Waals surface area contributed by atoms with Crippen molar-refractivity contribution < 1.29 is 22.8 Å². The molecule has 188 valence electrons. The first-order valence-electron chi connectivity index (χ1n) is 11.0. The van der Waals surface area contributed by atoms with Gasteiger partial charge in [0.05, 0.1) is 10.3 Å². The number of carbonyl (C=O) groups excluding carboxylic acids is 2. The summed E-state index contributed by atoms with van der Waals surface area (Å²) in [4.78, 5) is 33.7. The summed E-state index contributed by atoms with van der Waals surface area (Å²) in [6.07, 6.45) is -1.74. The Morgan fingerprint density at radius 3 is 2.31 bits per heavy atom. The van der Waals surface area contributed by atoms with Gasteiger partial charge in [0.15, 0.2) is 10.8 Å². The van der Waals surface area contributed by atoms with Crippen molar-refractivity contribution in [1.29, 1.82) is 0 Å². The minimum Gasteiger partial charge on any atom is -0.348 e. The minimum atomic E-state index is -4.53. The lowest BCUT2D eigenvalue weighted by Gasteiger charge is -2.21. The molecule has 4 aromatic rings. The van der Waals surface area contributed by atoms with Crippen molar-refractivity contribution in [2.45, 2.75) is 46.0 Å². The van der Waals surface area contributed by atoms with Gasteiger partial charge in [-0.3, -0.25) is 19.9 Å². The van der Waals surface area contributed by atoms with Crippen LogP contribution in [0.5, 0.6) is 0 Å². The maximum Gasteiger partial charge on any atom is 0.433 e. The van der Waals surface area contributed by atoms with E-state index in [2.05, 4.69) is 20.6 Å². The molecule has 0 atom stereocenters. The first kappa shape index (κ1) is 25.4. The van der Waals surface area contributed by atoms with Gasteiger partial charge >= 0.3 is 6.18 Å². The van der Waals surface area contributed by atoms with E-state index in [-0.39, 0.29) is 12.5 Å². The summed E-state index contributed by atoms with van der Waals surface area (Å²) in [5.74, 6) is -0.725. The lowest BCUT2D eigenvalue weighted by atomic mass is 10.1. The Kier molecular flexibility index (Phi) is 6.61. The van der Waals surface area contributed by atoms with Crippen molar-refractivity contribution in [2.24, 2.45) is 0 Å². The quantitative estimate of drug-likeness (QED) is 0.354. The van der Waals surface area contributed by atoms with E-state index < -0.39 is 23.3 Å². The van der Waals surface area contributed by atoms with E-state index in [0.717, 1.165) is 17.8 Å². The Balaban J connectivity index is 1.57. The molecule has 0 fully saturated rings. The van der Waals surface area contributed by atoms with Crippen molar-refractivity contribution in [3.8, 4) is 0 Å². The molecule has 0 bridgehead atoms. The average molecular weight is 516 g/mol. The summed E-state index contributed by atoms with van der Waals surface area (Å²) in [5, 5.41) is 5.88. The van der Waals surface area contributed by atoms with Gasteiger partial charge in [0.2, 0.25) is 0 Å². The van der Waals surface area contributed by atoms with Crippen LogP contribution >= 0.6 is 11.3 Å². The number of alkyl halides is 3. The number of benzene rings is 1. The highest BCUT2D eigenvalue weighted by molar-refractivity contribution is 7.22. The van der Waals surface area contributed by atoms with Gasteiger partial charge in [0.25, 0.3) is 11.8 Å². The Labute approximate surface area is 209 Å². The third-order valence-corrected chi connectivity index (χ3v) is 6.40. The summed E-state index contributed by atoms with van der Waals surface area (Å²) in [5.41, 5.74) is 1.46. The average Bonchev–Trinajstić information content (AvgIpc) is 3.36. The minimum absolute atomic E-state index is 0.00197. The number of carbonyl (C=O) groups is 2. The number of hydrogen-bond donors (Lipinski definition) is 2. The Morgan fingerprint density at radius 2 is 1.72 bits per heavy atom. The molecule has 0 aliphatic carbocycles. The summed E-state index contributed by atoms with van der Waals surface area (Å²) in [6, 6.07) is 9.29. The van der Waals surface area contributed by atoms with Crippen molar-refractivity contribution in [2.75, 3.05) is 5.32 Å². The molecule has 4 rings (SSSR count). The summed E-state index contributed by atoms with van der Waals surface area (Å²) < 4.78 is 40.6. The van der Waals surface area contributed by atoms with Gasteiger partial charge in [-0.2, -0.15) is 13.2 Å². The largest absolute Gasteiger partial charge is 0.433 e. The van der Waals surface area contributed by atoms with E-state index in [9.17, 15) is 22.8 Å². The predicted molar refractivity (Wildman–Crippen MR) is 132 cm³/mol. The van der Waals surface area contributed by atoms with E-state index >= 15 is 0 Å². The van der Waals surface area contributed by atoms with Crippen LogP contribution in [-0.4, -0.2) is 26.3 Å². The summed E-state index contributed by atoms with van der Waals surface area (Å²) >= 11 is 1.18. The van der Waals surface area contributed by atoms with E-state index in [1.165, 1.54) is 17.4 Å². The highest BCUT2D eigenvalue weighted by atomic mass is 32.1. The Morgan fingerprint density at radius 1 is 1.03 bits per heavy atom. The van der Waals surface area contributed by atoms with E-state index in [1.807, 2.05) is 44.4 Å². The molecule has 0 spiro atoms. The molecule has 1 aromatic carbocycles. The van der Waals surface area contributed by atoms with Crippen molar-refractivity contribution in [3.63, 3.8) is 0 Å². The second-order valence-electron chi connectivity index (χ2n) is 9.31. The third kappa shape index (κ3) is 5.40. The molecule has 0 saturated heterocycles. The van der Waals surface area contributed by atoms with Crippen LogP contribution < -0.4 is 10.6 Å². The fraction of sp³-hybridized carbons (Fsp3) is 0.280. The second kappa shape index (κ2) is 9.38. The molecule has 11 heteroatoms. The number of pyridine rings is 1. The van der Waals surface area contributed by atoms with Crippen molar-refractivity contribution in [3.05, 3.63) is 76.7 Å². The number of aryl methyl sites for hydroxylation is 1. The molecular formula is C25H24F3N5O2S. The number of halogens is 3. The van der Waals surface area contributed by atoms with Gasteiger partial charge in [0, 0.05) is 30.0 Å². The Hall–Kier alpha value is -3.73. The van der Waals surface area contributed by atoms with Crippen molar-refractivity contribution in [1.82, 2.24) is 19.9 Å². The number of nitrogens with zero attached hydrogens (tertiary/aromatic N) is 3. The number of thiazole rings is 1. The highest BCUT2D eigenvalue weighted by Crippen LogP contribution is 2.34. The highest BCUT2D eigenvalue weighted by Gasteiger charge is 2.32. The summed E-state index contributed by atoms with van der Waals surface area (Å²) in [6.45, 7) is 7.83. The fourth-order valence-corrected chi connectivity index (χ4v) is 4.43. The lowest BCUT2D eigenvalue weighted by molar-refractivity contribution is -0.141. The zero-order valence-electron chi connectivity index (χ0n) is 20.0. The molecule has 2 N–H and O–H groups in total. The molecule has 36 heavy (non-hydrogen) atoms. The fourth-order valence-electron chi connectivity index (χ4n) is 3.47. The molecule has 7 nitrogen and oxygen atoms in total. The number of aromatic nitrogens is 3. The summed E-state index contributed by atoms with van der Waals surface area (Å²) in [7, 11) is 0. The van der Waals surface area contributed by atoms with E-state index in [4.69, 9.17) is 0 Å². The first-order valence-corrected chi connectivity index (χ1v) is 11.9.